The molecule has 4 aromatic rings. The molecule has 0 aliphatic rings. The third-order valence-electron chi connectivity index (χ3n) is 4.31. The third-order valence-corrected chi connectivity index (χ3v) is 5.31. The minimum atomic E-state index is -0.190. The molecular formula is C24H21N3O3S. The van der Waals surface area contributed by atoms with Gasteiger partial charge in [0.15, 0.2) is 0 Å². The van der Waals surface area contributed by atoms with Crippen molar-refractivity contribution in [3.05, 3.63) is 83.5 Å². The highest BCUT2D eigenvalue weighted by atomic mass is 32.1. The van der Waals surface area contributed by atoms with Gasteiger partial charge in [-0.2, -0.15) is 0 Å². The molecule has 1 N–H and O–H groups in total. The average molecular weight is 432 g/mol. The summed E-state index contributed by atoms with van der Waals surface area (Å²) in [5.74, 6) is 1.72. The minimum Gasteiger partial charge on any atom is -0.494 e. The molecule has 0 bridgehead atoms. The lowest BCUT2D eigenvalue weighted by Gasteiger charge is -2.08. The summed E-state index contributed by atoms with van der Waals surface area (Å²) in [7, 11) is 0. The number of para-hydroxylation sites is 1. The topological polar surface area (TPSA) is 73.3 Å². The Morgan fingerprint density at radius 3 is 2.71 bits per heavy atom. The van der Waals surface area contributed by atoms with Crippen LogP contribution >= 0.6 is 11.3 Å². The summed E-state index contributed by atoms with van der Waals surface area (Å²) in [5, 5.41) is 3.66. The van der Waals surface area contributed by atoms with Crippen molar-refractivity contribution in [3.8, 4) is 17.4 Å². The second-order valence-corrected chi connectivity index (χ2v) is 7.64. The molecule has 0 atom stereocenters. The predicted molar refractivity (Wildman–Crippen MR) is 122 cm³/mol. The van der Waals surface area contributed by atoms with Crippen molar-refractivity contribution in [2.45, 2.75) is 13.5 Å². The number of amides is 1. The predicted octanol–water partition coefficient (Wildman–Crippen LogP) is 5.21. The number of hydrogen-bond acceptors (Lipinski definition) is 6. The highest BCUT2D eigenvalue weighted by molar-refractivity contribution is 7.19. The zero-order valence-electron chi connectivity index (χ0n) is 16.9. The van der Waals surface area contributed by atoms with Crippen molar-refractivity contribution in [2.75, 3.05) is 6.61 Å². The Morgan fingerprint density at radius 2 is 1.90 bits per heavy atom. The van der Waals surface area contributed by atoms with Crippen LogP contribution in [0.3, 0.4) is 0 Å². The van der Waals surface area contributed by atoms with E-state index in [1.165, 1.54) is 6.08 Å². The smallest absolute Gasteiger partial charge is 0.244 e. The summed E-state index contributed by atoms with van der Waals surface area (Å²) in [6, 6.07) is 18.9. The molecule has 0 aliphatic carbocycles. The van der Waals surface area contributed by atoms with Crippen molar-refractivity contribution >= 4 is 33.5 Å². The molecule has 2 aromatic heterocycles. The van der Waals surface area contributed by atoms with Gasteiger partial charge in [-0.25, -0.2) is 9.97 Å². The summed E-state index contributed by atoms with van der Waals surface area (Å²) in [4.78, 5) is 20.9. The Morgan fingerprint density at radius 1 is 1.10 bits per heavy atom. The number of aromatic nitrogens is 2. The molecule has 1 amide bonds. The molecule has 0 unspecified atom stereocenters. The lowest BCUT2D eigenvalue weighted by atomic mass is 10.2. The van der Waals surface area contributed by atoms with Gasteiger partial charge < -0.3 is 14.8 Å². The number of pyridine rings is 1. The first kappa shape index (κ1) is 20.6. The molecule has 0 aliphatic heterocycles. The average Bonchev–Trinajstić information content (AvgIpc) is 3.21. The first-order chi connectivity index (χ1) is 15.2. The molecule has 0 saturated heterocycles. The van der Waals surface area contributed by atoms with Gasteiger partial charge >= 0.3 is 0 Å². The molecule has 0 saturated carbocycles. The summed E-state index contributed by atoms with van der Waals surface area (Å²) < 4.78 is 12.3. The standard InChI is InChI=1S/C24H21N3O3S/c1-2-29-18-7-9-19(10-8-18)30-23-15-17(13-14-25-23)16-26-22(28)11-12-24-27-20-5-3-4-6-21(20)31-24/h3-15H,2,16H2,1H3,(H,26,28)/b12-11+. The van der Waals surface area contributed by atoms with E-state index in [0.29, 0.717) is 24.8 Å². The number of thiazole rings is 1. The number of benzene rings is 2. The van der Waals surface area contributed by atoms with E-state index in [1.54, 1.807) is 29.7 Å². The largest absolute Gasteiger partial charge is 0.494 e. The molecule has 7 heteroatoms. The monoisotopic (exact) mass is 431 g/mol. The summed E-state index contributed by atoms with van der Waals surface area (Å²) in [6.07, 6.45) is 4.88. The van der Waals surface area contributed by atoms with E-state index >= 15 is 0 Å². The molecule has 0 fully saturated rings. The van der Waals surface area contributed by atoms with E-state index in [-0.39, 0.29) is 5.91 Å². The molecule has 0 radical (unpaired) electrons. The fraction of sp³-hybridized carbons (Fsp3) is 0.125. The lowest BCUT2D eigenvalue weighted by molar-refractivity contribution is -0.116. The van der Waals surface area contributed by atoms with Crippen molar-refractivity contribution in [2.24, 2.45) is 0 Å². The summed E-state index contributed by atoms with van der Waals surface area (Å²) >= 11 is 1.55. The number of carbonyl (C=O) groups excluding carboxylic acids is 1. The Kier molecular flexibility index (Phi) is 6.54. The first-order valence-electron chi connectivity index (χ1n) is 9.87. The number of nitrogens with zero attached hydrogens (tertiary/aromatic N) is 2. The zero-order chi connectivity index (χ0) is 21.5. The Labute approximate surface area is 184 Å². The summed E-state index contributed by atoms with van der Waals surface area (Å²) in [6.45, 7) is 2.92. The number of rotatable bonds is 8. The van der Waals surface area contributed by atoms with E-state index in [1.807, 2.05) is 61.5 Å². The van der Waals surface area contributed by atoms with Crippen molar-refractivity contribution < 1.29 is 14.3 Å². The highest BCUT2D eigenvalue weighted by Gasteiger charge is 2.04. The molecule has 2 heterocycles. The van der Waals surface area contributed by atoms with E-state index in [4.69, 9.17) is 9.47 Å². The van der Waals surface area contributed by atoms with Gasteiger partial charge in [-0.15, -0.1) is 11.3 Å². The van der Waals surface area contributed by atoms with E-state index in [9.17, 15) is 4.79 Å². The normalized spacial score (nSPS) is 11.0. The van der Waals surface area contributed by atoms with Crippen molar-refractivity contribution in [1.82, 2.24) is 15.3 Å². The first-order valence-corrected chi connectivity index (χ1v) is 10.7. The van der Waals surface area contributed by atoms with Crippen LogP contribution in [0.15, 0.2) is 72.9 Å². The van der Waals surface area contributed by atoms with Crippen LogP contribution in [0.5, 0.6) is 17.4 Å². The van der Waals surface area contributed by atoms with Crippen LogP contribution in [0.2, 0.25) is 0 Å². The SMILES string of the molecule is CCOc1ccc(Oc2cc(CNC(=O)/C=C/c3nc4ccccc4s3)ccn2)cc1. The van der Waals surface area contributed by atoms with E-state index < -0.39 is 0 Å². The minimum absolute atomic E-state index is 0.190. The fourth-order valence-electron chi connectivity index (χ4n) is 2.86. The molecule has 6 nitrogen and oxygen atoms in total. The Balaban J connectivity index is 1.32. The number of ether oxygens (including phenoxy) is 2. The van der Waals surface area contributed by atoms with Gasteiger partial charge in [-0.05, 0) is 61.0 Å². The molecule has 156 valence electrons. The van der Waals surface area contributed by atoms with Crippen LogP contribution in [0, 0.1) is 0 Å². The number of fused-ring (bicyclic) bond motifs is 1. The zero-order valence-corrected chi connectivity index (χ0v) is 17.8. The van der Waals surface area contributed by atoms with E-state index in [0.717, 1.165) is 26.5 Å². The molecule has 31 heavy (non-hydrogen) atoms. The van der Waals surface area contributed by atoms with Gasteiger partial charge in [0.25, 0.3) is 0 Å². The second-order valence-electron chi connectivity index (χ2n) is 6.58. The van der Waals surface area contributed by atoms with E-state index in [2.05, 4.69) is 15.3 Å². The van der Waals surface area contributed by atoms with Crippen molar-refractivity contribution in [3.63, 3.8) is 0 Å². The maximum atomic E-state index is 12.2. The van der Waals surface area contributed by atoms with Gasteiger partial charge in [0, 0.05) is 24.9 Å². The van der Waals surface area contributed by atoms with Crippen LogP contribution in [0.4, 0.5) is 0 Å². The molecular weight excluding hydrogens is 410 g/mol. The van der Waals surface area contributed by atoms with Crippen LogP contribution < -0.4 is 14.8 Å². The number of carbonyl (C=O) groups is 1. The summed E-state index contributed by atoms with van der Waals surface area (Å²) in [5.41, 5.74) is 1.82. The lowest BCUT2D eigenvalue weighted by Crippen LogP contribution is -2.20. The van der Waals surface area contributed by atoms with Crippen molar-refractivity contribution in [1.29, 1.82) is 0 Å². The quantitative estimate of drug-likeness (QED) is 0.388. The van der Waals surface area contributed by atoms with Gasteiger partial charge in [-0.1, -0.05) is 12.1 Å². The second kappa shape index (κ2) is 9.86. The number of hydrogen-bond donors (Lipinski definition) is 1. The van der Waals surface area contributed by atoms with Gasteiger partial charge in [0.05, 0.1) is 16.8 Å². The van der Waals surface area contributed by atoms with Gasteiger partial charge in [0.2, 0.25) is 11.8 Å². The maximum Gasteiger partial charge on any atom is 0.244 e. The highest BCUT2D eigenvalue weighted by Crippen LogP contribution is 2.23. The molecule has 4 rings (SSSR count). The Hall–Kier alpha value is -3.71. The number of nitrogens with one attached hydrogen (secondary N) is 1. The van der Waals surface area contributed by atoms with Gasteiger partial charge in [0.1, 0.15) is 16.5 Å². The molecule has 0 spiro atoms. The van der Waals surface area contributed by atoms with Crippen LogP contribution in [0.25, 0.3) is 16.3 Å². The van der Waals surface area contributed by atoms with Gasteiger partial charge in [-0.3, -0.25) is 4.79 Å². The van der Waals surface area contributed by atoms with Crippen LogP contribution in [-0.4, -0.2) is 22.5 Å². The maximum absolute atomic E-state index is 12.2. The molecule has 2 aromatic carbocycles. The third kappa shape index (κ3) is 5.67. The Bertz CT molecular complexity index is 1170. The van der Waals surface area contributed by atoms with Crippen LogP contribution in [0.1, 0.15) is 17.5 Å². The van der Waals surface area contributed by atoms with Crippen LogP contribution in [-0.2, 0) is 11.3 Å². The fourth-order valence-corrected chi connectivity index (χ4v) is 3.73.